The van der Waals surface area contributed by atoms with Crippen molar-refractivity contribution in [3.8, 4) is 11.8 Å². The number of nitrogens with zero attached hydrogens (tertiary/aromatic N) is 2. The van der Waals surface area contributed by atoms with Crippen LogP contribution in [0, 0.1) is 32.8 Å². The highest BCUT2D eigenvalue weighted by molar-refractivity contribution is 8.22. The molecule has 0 saturated heterocycles. The Bertz CT molecular complexity index is 940. The molecule has 0 aromatic heterocycles. The summed E-state index contributed by atoms with van der Waals surface area (Å²) >= 11 is 6.35. The van der Waals surface area contributed by atoms with Gasteiger partial charge in [-0.15, -0.1) is 0 Å². The number of allylic oxidation sites excluding steroid dienone is 1. The van der Waals surface area contributed by atoms with Crippen molar-refractivity contribution in [2.45, 2.75) is 37.8 Å². The number of rotatable bonds is 5. The van der Waals surface area contributed by atoms with Crippen molar-refractivity contribution in [1.29, 1.82) is 5.26 Å². The average Bonchev–Trinajstić information content (AvgIpc) is 3.05. The second kappa shape index (κ2) is 8.74. The molecular weight excluding hydrogens is 424 g/mol. The van der Waals surface area contributed by atoms with Crippen molar-refractivity contribution >= 4 is 34.1 Å². The zero-order chi connectivity index (χ0) is 22.1. The number of carbonyl (C=O) groups is 1. The van der Waals surface area contributed by atoms with Crippen LogP contribution >= 0.6 is 24.0 Å². The SMILES string of the molecule is COc1ccc([C@@H]2[C@@H]([C@@H](C#N)OC(=S)SC)C3=CCC(=O)[C@@]3(C)C[C@H]2[N+](=O)[O-])cc1. The van der Waals surface area contributed by atoms with E-state index in [2.05, 4.69) is 6.07 Å². The summed E-state index contributed by atoms with van der Waals surface area (Å²) in [6.45, 7) is 1.74. The van der Waals surface area contributed by atoms with Crippen LogP contribution in [0.4, 0.5) is 0 Å². The van der Waals surface area contributed by atoms with Gasteiger partial charge >= 0.3 is 0 Å². The molecule has 1 aromatic carbocycles. The minimum Gasteiger partial charge on any atom is -0.497 e. The van der Waals surface area contributed by atoms with E-state index in [1.807, 2.05) is 6.08 Å². The summed E-state index contributed by atoms with van der Waals surface area (Å²) in [5.74, 6) is -0.758. The van der Waals surface area contributed by atoms with Gasteiger partial charge < -0.3 is 9.47 Å². The molecule has 5 atom stereocenters. The number of ether oxygens (including phenoxy) is 2. The minimum atomic E-state index is -1.05. The molecule has 0 N–H and O–H groups in total. The third kappa shape index (κ3) is 3.82. The number of ketones is 1. The molecule has 0 heterocycles. The number of thiocarbonyl (C=S) groups is 1. The summed E-state index contributed by atoms with van der Waals surface area (Å²) in [7, 11) is 1.54. The quantitative estimate of drug-likeness (QED) is 0.290. The van der Waals surface area contributed by atoms with Crippen LogP contribution in [0.2, 0.25) is 0 Å². The molecule has 1 aromatic rings. The number of hydrogen-bond donors (Lipinski definition) is 0. The number of nitriles is 1. The van der Waals surface area contributed by atoms with Gasteiger partial charge in [0, 0.05) is 23.7 Å². The molecule has 1 fully saturated rings. The van der Waals surface area contributed by atoms with Gasteiger partial charge in [0.15, 0.2) is 6.10 Å². The maximum Gasteiger partial charge on any atom is 0.221 e. The minimum absolute atomic E-state index is 0.0633. The van der Waals surface area contributed by atoms with Crippen molar-refractivity contribution in [3.05, 3.63) is 51.6 Å². The summed E-state index contributed by atoms with van der Waals surface area (Å²) in [5, 5.41) is 22.0. The molecule has 2 aliphatic carbocycles. The molecule has 0 radical (unpaired) electrons. The van der Waals surface area contributed by atoms with Gasteiger partial charge in [0.2, 0.25) is 10.4 Å². The third-order valence-corrected chi connectivity index (χ3v) is 7.18. The second-order valence-electron chi connectivity index (χ2n) is 7.62. The molecular formula is C21H22N2O5S2. The Balaban J connectivity index is 2.17. The van der Waals surface area contributed by atoms with Gasteiger partial charge in [-0.3, -0.25) is 14.9 Å². The van der Waals surface area contributed by atoms with E-state index in [-0.39, 0.29) is 27.9 Å². The molecule has 7 nitrogen and oxygen atoms in total. The van der Waals surface area contributed by atoms with Crippen LogP contribution in [0.3, 0.4) is 0 Å². The molecule has 1 saturated carbocycles. The summed E-state index contributed by atoms with van der Waals surface area (Å²) in [6.07, 6.45) is 2.79. The van der Waals surface area contributed by atoms with Crippen LogP contribution in [0.25, 0.3) is 0 Å². The number of nitro groups is 1. The third-order valence-electron chi connectivity index (χ3n) is 6.15. The van der Waals surface area contributed by atoms with Crippen molar-refractivity contribution in [2.24, 2.45) is 11.3 Å². The fraction of sp³-hybridized carbons (Fsp3) is 0.476. The molecule has 0 bridgehead atoms. The Morgan fingerprint density at radius 3 is 2.63 bits per heavy atom. The number of benzene rings is 1. The van der Waals surface area contributed by atoms with Gasteiger partial charge in [-0.05, 0) is 43.1 Å². The van der Waals surface area contributed by atoms with Crippen LogP contribution in [0.5, 0.6) is 5.75 Å². The predicted molar refractivity (Wildman–Crippen MR) is 117 cm³/mol. The smallest absolute Gasteiger partial charge is 0.221 e. The molecule has 0 amide bonds. The monoisotopic (exact) mass is 446 g/mol. The Morgan fingerprint density at radius 2 is 2.10 bits per heavy atom. The molecule has 0 unspecified atom stereocenters. The lowest BCUT2D eigenvalue weighted by atomic mass is 9.58. The predicted octanol–water partition coefficient (Wildman–Crippen LogP) is 3.91. The van der Waals surface area contributed by atoms with E-state index in [1.54, 1.807) is 44.6 Å². The van der Waals surface area contributed by atoms with Crippen molar-refractivity contribution in [2.75, 3.05) is 13.4 Å². The van der Waals surface area contributed by atoms with Crippen LogP contribution in [-0.2, 0) is 9.53 Å². The Kier molecular flexibility index (Phi) is 6.48. The summed E-state index contributed by atoms with van der Waals surface area (Å²) in [6, 6.07) is 8.11. The molecule has 9 heteroatoms. The first-order valence-electron chi connectivity index (χ1n) is 9.42. The first kappa shape index (κ1) is 22.2. The van der Waals surface area contributed by atoms with Crippen LogP contribution < -0.4 is 4.74 Å². The molecule has 0 spiro atoms. The lowest BCUT2D eigenvalue weighted by Gasteiger charge is -2.44. The standard InChI is InChI=1S/C21H22N2O5S2/c1-21-10-15(23(25)26)18(12-4-6-13(27-2)7-5-12)19(14(21)8-9-17(21)24)16(11-22)28-20(29)30-3/h4-8,15-16,18-19H,9-10H2,1-3H3/t15-,16-,18+,19-,21+/m1/s1. The number of carbonyl (C=O) groups excluding carboxylic acids is 1. The fourth-order valence-corrected chi connectivity index (χ4v) is 4.98. The van der Waals surface area contributed by atoms with E-state index >= 15 is 0 Å². The van der Waals surface area contributed by atoms with E-state index in [0.29, 0.717) is 11.3 Å². The highest BCUT2D eigenvalue weighted by Crippen LogP contribution is 2.56. The van der Waals surface area contributed by atoms with Crippen molar-refractivity contribution < 1.29 is 19.2 Å². The molecule has 0 aliphatic heterocycles. The zero-order valence-corrected chi connectivity index (χ0v) is 18.5. The maximum absolute atomic E-state index is 12.7. The number of methoxy groups -OCH3 is 1. The number of Topliss-reactive ketones (excluding diaryl/α,β-unsaturated/α-hetero) is 1. The largest absolute Gasteiger partial charge is 0.497 e. The molecule has 3 rings (SSSR count). The van der Waals surface area contributed by atoms with Crippen LogP contribution in [0.1, 0.15) is 31.2 Å². The van der Waals surface area contributed by atoms with Crippen LogP contribution in [-0.4, -0.2) is 40.6 Å². The summed E-state index contributed by atoms with van der Waals surface area (Å²) in [4.78, 5) is 24.5. The Hall–Kier alpha value is -2.44. The number of hydrogen-bond acceptors (Lipinski definition) is 8. The highest BCUT2D eigenvalue weighted by atomic mass is 32.2. The van der Waals surface area contributed by atoms with Gasteiger partial charge in [-0.1, -0.05) is 35.5 Å². The summed E-state index contributed by atoms with van der Waals surface area (Å²) in [5.41, 5.74) is 0.454. The van der Waals surface area contributed by atoms with E-state index in [4.69, 9.17) is 21.7 Å². The van der Waals surface area contributed by atoms with Crippen LogP contribution in [0.15, 0.2) is 35.9 Å². The van der Waals surface area contributed by atoms with Gasteiger partial charge in [-0.2, -0.15) is 5.26 Å². The normalized spacial score (nSPS) is 28.7. The van der Waals surface area contributed by atoms with Gasteiger partial charge in [0.25, 0.3) is 0 Å². The van der Waals surface area contributed by atoms with Gasteiger partial charge in [0.05, 0.1) is 18.4 Å². The van der Waals surface area contributed by atoms with E-state index in [0.717, 1.165) is 5.57 Å². The average molecular weight is 447 g/mol. The molecule has 30 heavy (non-hydrogen) atoms. The number of thioether (sulfide) groups is 1. The molecule has 2 aliphatic rings. The van der Waals surface area contributed by atoms with Crippen molar-refractivity contribution in [3.63, 3.8) is 0 Å². The van der Waals surface area contributed by atoms with Gasteiger partial charge in [0.1, 0.15) is 17.6 Å². The van der Waals surface area contributed by atoms with E-state index in [9.17, 15) is 20.2 Å². The lowest BCUT2D eigenvalue weighted by Crippen LogP contribution is -2.50. The Morgan fingerprint density at radius 1 is 1.43 bits per heavy atom. The molecule has 158 valence electrons. The second-order valence-corrected chi connectivity index (χ2v) is 9.03. The first-order chi connectivity index (χ1) is 14.3. The highest BCUT2D eigenvalue weighted by Gasteiger charge is 2.59. The number of fused-ring (bicyclic) bond motifs is 1. The topological polar surface area (TPSA) is 102 Å². The Labute approximate surface area is 184 Å². The maximum atomic E-state index is 12.7. The van der Waals surface area contributed by atoms with E-state index in [1.165, 1.54) is 11.8 Å². The first-order valence-corrected chi connectivity index (χ1v) is 11.1. The van der Waals surface area contributed by atoms with E-state index < -0.39 is 29.4 Å². The zero-order valence-electron chi connectivity index (χ0n) is 16.9. The van der Waals surface area contributed by atoms with Gasteiger partial charge in [-0.25, -0.2) is 0 Å². The fourth-order valence-electron chi connectivity index (χ4n) is 4.67. The summed E-state index contributed by atoms with van der Waals surface area (Å²) < 4.78 is 11.1. The van der Waals surface area contributed by atoms with Crippen molar-refractivity contribution in [1.82, 2.24) is 0 Å². The lowest BCUT2D eigenvalue weighted by molar-refractivity contribution is -0.533.